The number of furan rings is 1. The number of hydrogen-bond donors (Lipinski definition) is 1. The Hall–Kier alpha value is -2.21. The molecule has 3 saturated carbocycles. The van der Waals surface area contributed by atoms with Crippen LogP contribution in [0.5, 0.6) is 0 Å². The lowest BCUT2D eigenvalue weighted by atomic mass is 9.45. The van der Waals surface area contributed by atoms with Crippen LogP contribution in [0.25, 0.3) is 27.8 Å². The third kappa shape index (κ3) is 3.35. The van der Waals surface area contributed by atoms with Crippen LogP contribution < -0.4 is 5.32 Å². The van der Waals surface area contributed by atoms with Crippen molar-refractivity contribution < 1.29 is 9.21 Å². The van der Waals surface area contributed by atoms with Crippen molar-refractivity contribution in [3.8, 4) is 5.69 Å². The fourth-order valence-corrected chi connectivity index (χ4v) is 6.76. The molecular formula is C26H24Cl3N3O2. The van der Waals surface area contributed by atoms with Crippen molar-refractivity contribution in [2.24, 2.45) is 23.2 Å². The highest BCUT2D eigenvalue weighted by atomic mass is 35.5. The van der Waals surface area contributed by atoms with Crippen molar-refractivity contribution in [1.82, 2.24) is 15.1 Å². The zero-order valence-electron chi connectivity index (χ0n) is 18.9. The Bertz CT molecular complexity index is 1450. The van der Waals surface area contributed by atoms with E-state index < -0.39 is 0 Å². The molecule has 5 nitrogen and oxygen atoms in total. The van der Waals surface area contributed by atoms with Gasteiger partial charge in [0.1, 0.15) is 11.1 Å². The van der Waals surface area contributed by atoms with Crippen molar-refractivity contribution >= 4 is 62.8 Å². The van der Waals surface area contributed by atoms with Crippen LogP contribution >= 0.6 is 34.8 Å². The number of hydrogen-bond acceptors (Lipinski definition) is 3. The third-order valence-electron chi connectivity index (χ3n) is 8.13. The highest BCUT2D eigenvalue weighted by Crippen LogP contribution is 2.61. The number of amides is 1. The van der Waals surface area contributed by atoms with Crippen molar-refractivity contribution in [3.63, 3.8) is 0 Å². The van der Waals surface area contributed by atoms with Gasteiger partial charge < -0.3 is 9.73 Å². The number of halogens is 3. The van der Waals surface area contributed by atoms with Gasteiger partial charge >= 0.3 is 0 Å². The lowest BCUT2D eigenvalue weighted by molar-refractivity contribution is -0.103. The van der Waals surface area contributed by atoms with Gasteiger partial charge in [-0.2, -0.15) is 5.10 Å². The van der Waals surface area contributed by atoms with Crippen LogP contribution in [-0.4, -0.2) is 22.2 Å². The molecule has 2 aromatic heterocycles. The normalized spacial score (nSPS) is 23.3. The standard InChI is InChI=1S/C26H24Cl3N3O2/c1-26(2)14-4-3-13(18(26)9-14)12-30-25(33)22-24-23(17-7-5-16(28)11-21(17)34-24)32(31-22)20-8-6-15(27)10-19(20)29/h5-8,10-11,13-14,18H,3-4,9,12H2,1-2H3,(H,30,33). The van der Waals surface area contributed by atoms with Crippen LogP contribution in [0.1, 0.15) is 43.6 Å². The molecule has 3 aliphatic rings. The van der Waals surface area contributed by atoms with E-state index in [1.165, 1.54) is 12.8 Å². The SMILES string of the molecule is CC1(C)C2CCC(CNC(=O)c3nn(-c4ccc(Cl)cc4Cl)c4c3oc3cc(Cl)ccc34)C1C2. The van der Waals surface area contributed by atoms with E-state index in [1.54, 1.807) is 35.0 Å². The third-order valence-corrected chi connectivity index (χ3v) is 8.90. The summed E-state index contributed by atoms with van der Waals surface area (Å²) in [4.78, 5) is 13.4. The number of carbonyl (C=O) groups excluding carboxylic acids is 1. The number of rotatable bonds is 4. The summed E-state index contributed by atoms with van der Waals surface area (Å²) >= 11 is 18.8. The molecule has 1 N–H and O–H groups in total. The molecule has 8 heteroatoms. The first-order chi connectivity index (χ1) is 16.2. The second kappa shape index (κ2) is 7.91. The summed E-state index contributed by atoms with van der Waals surface area (Å²) in [5.74, 6) is 1.72. The van der Waals surface area contributed by atoms with Crippen LogP contribution in [0, 0.1) is 23.2 Å². The largest absolute Gasteiger partial charge is 0.452 e. The maximum atomic E-state index is 13.4. The van der Waals surface area contributed by atoms with Crippen LogP contribution in [0.15, 0.2) is 40.8 Å². The minimum atomic E-state index is -0.252. The molecular weight excluding hydrogens is 493 g/mol. The van der Waals surface area contributed by atoms with Gasteiger partial charge in [-0.1, -0.05) is 48.7 Å². The molecule has 0 aliphatic heterocycles. The van der Waals surface area contributed by atoms with Gasteiger partial charge in [0.05, 0.1) is 10.7 Å². The predicted octanol–water partition coefficient (Wildman–Crippen LogP) is 7.53. The molecule has 0 spiro atoms. The Morgan fingerprint density at radius 3 is 2.65 bits per heavy atom. The molecule has 2 aromatic carbocycles. The quantitative estimate of drug-likeness (QED) is 0.305. The van der Waals surface area contributed by atoms with E-state index in [2.05, 4.69) is 24.3 Å². The summed E-state index contributed by atoms with van der Waals surface area (Å²) < 4.78 is 7.76. The van der Waals surface area contributed by atoms with Gasteiger partial charge in [-0.3, -0.25) is 4.79 Å². The molecule has 4 aromatic rings. The highest BCUT2D eigenvalue weighted by molar-refractivity contribution is 6.36. The van der Waals surface area contributed by atoms with E-state index >= 15 is 0 Å². The van der Waals surface area contributed by atoms with Crippen LogP contribution in [-0.2, 0) is 0 Å². The highest BCUT2D eigenvalue weighted by Gasteiger charge is 2.54. The Kier molecular flexibility index (Phi) is 5.18. The summed E-state index contributed by atoms with van der Waals surface area (Å²) in [6.45, 7) is 5.36. The summed E-state index contributed by atoms with van der Waals surface area (Å²) in [5, 5.41) is 10.1. The maximum Gasteiger partial charge on any atom is 0.275 e. The molecule has 3 unspecified atom stereocenters. The second-order valence-corrected chi connectivity index (χ2v) is 11.5. The number of nitrogens with one attached hydrogen (secondary N) is 1. The number of nitrogens with zero attached hydrogens (tertiary/aromatic N) is 2. The van der Waals surface area contributed by atoms with E-state index in [0.29, 0.717) is 61.2 Å². The van der Waals surface area contributed by atoms with Crippen molar-refractivity contribution in [1.29, 1.82) is 0 Å². The average Bonchev–Trinajstić information content (AvgIpc) is 3.34. The molecule has 2 heterocycles. The molecule has 176 valence electrons. The first-order valence-corrected chi connectivity index (χ1v) is 12.7. The van der Waals surface area contributed by atoms with Crippen molar-refractivity contribution in [3.05, 3.63) is 57.2 Å². The molecule has 3 aliphatic carbocycles. The molecule has 3 atom stereocenters. The maximum absolute atomic E-state index is 13.4. The molecule has 1 amide bonds. The summed E-state index contributed by atoms with van der Waals surface area (Å²) in [6, 6.07) is 10.6. The zero-order chi connectivity index (χ0) is 23.8. The van der Waals surface area contributed by atoms with E-state index in [1.807, 2.05) is 6.07 Å². The Morgan fingerprint density at radius 2 is 1.91 bits per heavy atom. The predicted molar refractivity (Wildman–Crippen MR) is 136 cm³/mol. The van der Waals surface area contributed by atoms with Crippen molar-refractivity contribution in [2.45, 2.75) is 33.1 Å². The number of carbonyl (C=O) groups is 1. The number of benzene rings is 2. The zero-order valence-corrected chi connectivity index (χ0v) is 21.1. The fraction of sp³-hybridized carbons (Fsp3) is 0.385. The van der Waals surface area contributed by atoms with Crippen LogP contribution in [0.3, 0.4) is 0 Å². The van der Waals surface area contributed by atoms with Gasteiger partial charge in [-0.25, -0.2) is 4.68 Å². The van der Waals surface area contributed by atoms with Crippen molar-refractivity contribution in [2.75, 3.05) is 6.54 Å². The minimum Gasteiger partial charge on any atom is -0.452 e. The number of aromatic nitrogens is 2. The Morgan fingerprint density at radius 1 is 1.15 bits per heavy atom. The first-order valence-electron chi connectivity index (χ1n) is 11.6. The molecule has 34 heavy (non-hydrogen) atoms. The Balaban J connectivity index is 1.39. The Labute approximate surface area is 212 Å². The summed E-state index contributed by atoms with van der Waals surface area (Å²) in [5.41, 5.74) is 2.88. The van der Waals surface area contributed by atoms with Gasteiger partial charge in [0.2, 0.25) is 0 Å². The lowest BCUT2D eigenvalue weighted by Gasteiger charge is -2.60. The average molecular weight is 517 g/mol. The van der Waals surface area contributed by atoms with Gasteiger partial charge in [0.15, 0.2) is 11.3 Å². The smallest absolute Gasteiger partial charge is 0.275 e. The molecule has 7 rings (SSSR count). The van der Waals surface area contributed by atoms with E-state index in [4.69, 9.17) is 39.2 Å². The topological polar surface area (TPSA) is 60.1 Å². The summed E-state index contributed by atoms with van der Waals surface area (Å²) in [7, 11) is 0. The fourth-order valence-electron chi connectivity index (χ4n) is 6.11. The van der Waals surface area contributed by atoms with Gasteiger partial charge in [0, 0.05) is 28.0 Å². The van der Waals surface area contributed by atoms with Crippen LogP contribution in [0.4, 0.5) is 0 Å². The summed E-state index contributed by atoms with van der Waals surface area (Å²) in [6.07, 6.45) is 3.67. The molecule has 2 bridgehead atoms. The van der Waals surface area contributed by atoms with Crippen LogP contribution in [0.2, 0.25) is 15.1 Å². The molecule has 0 radical (unpaired) electrons. The van der Waals surface area contributed by atoms with E-state index in [-0.39, 0.29) is 11.6 Å². The monoisotopic (exact) mass is 515 g/mol. The van der Waals surface area contributed by atoms with Gasteiger partial charge in [-0.05, 0) is 72.8 Å². The minimum absolute atomic E-state index is 0.231. The van der Waals surface area contributed by atoms with E-state index in [0.717, 1.165) is 17.7 Å². The molecule has 3 fully saturated rings. The first kappa shape index (κ1) is 22.3. The second-order valence-electron chi connectivity index (χ2n) is 10.2. The lowest BCUT2D eigenvalue weighted by Crippen LogP contribution is -2.54. The molecule has 0 saturated heterocycles. The van der Waals surface area contributed by atoms with Gasteiger partial charge in [0.25, 0.3) is 5.91 Å². The van der Waals surface area contributed by atoms with Gasteiger partial charge in [-0.15, -0.1) is 0 Å². The number of fused-ring (bicyclic) bond motifs is 5. The van der Waals surface area contributed by atoms with E-state index in [9.17, 15) is 4.79 Å².